The second kappa shape index (κ2) is 3.87. The predicted octanol–water partition coefficient (Wildman–Crippen LogP) is 0.746. The molecule has 0 aliphatic rings. The number of nitrogens with zero attached hydrogens (tertiary/aromatic N) is 3. The van der Waals surface area contributed by atoms with Crippen molar-refractivity contribution in [3.05, 3.63) is 12.2 Å². The molecule has 0 unspecified atom stereocenters. The molecule has 1 N–H and O–H groups in total. The fourth-order valence-electron chi connectivity index (χ4n) is 1.08. The van der Waals surface area contributed by atoms with Crippen molar-refractivity contribution >= 4 is 0 Å². The zero-order valence-corrected chi connectivity index (χ0v) is 8.83. The maximum atomic E-state index is 4.01. The van der Waals surface area contributed by atoms with E-state index in [9.17, 15) is 0 Å². The van der Waals surface area contributed by atoms with E-state index in [4.69, 9.17) is 0 Å². The molecule has 4 nitrogen and oxygen atoms in total. The quantitative estimate of drug-likeness (QED) is 0.750. The molecule has 4 heteroatoms. The largest absolute Gasteiger partial charge is 0.321 e. The maximum absolute atomic E-state index is 4.01. The molecule has 0 saturated carbocycles. The molecule has 1 aromatic heterocycles. The Morgan fingerprint density at radius 1 is 1.46 bits per heavy atom. The molecule has 13 heavy (non-hydrogen) atoms. The Balaban J connectivity index is 2.32. The molecular weight excluding hydrogens is 164 g/mol. The Labute approximate surface area is 79.4 Å². The molecule has 0 aliphatic carbocycles. The summed E-state index contributed by atoms with van der Waals surface area (Å²) in [5.41, 5.74) is 0.179. The van der Waals surface area contributed by atoms with Crippen LogP contribution in [0.4, 0.5) is 0 Å². The Morgan fingerprint density at radius 3 is 2.62 bits per heavy atom. The van der Waals surface area contributed by atoms with Gasteiger partial charge in [0.05, 0.1) is 0 Å². The standard InChI is InChI=1S/C9H18N4/c1-9(2,3)10-6-5-8-12-11-7-13(8)4/h7,10H,5-6H2,1-4H3. The first-order chi connectivity index (χ1) is 5.99. The summed E-state index contributed by atoms with van der Waals surface area (Å²) in [6.07, 6.45) is 2.65. The monoisotopic (exact) mass is 182 g/mol. The molecule has 0 spiro atoms. The zero-order chi connectivity index (χ0) is 9.90. The van der Waals surface area contributed by atoms with Crippen LogP contribution in [0.15, 0.2) is 6.33 Å². The Kier molecular flexibility index (Phi) is 3.03. The van der Waals surface area contributed by atoms with Crippen LogP contribution >= 0.6 is 0 Å². The van der Waals surface area contributed by atoms with Crippen LogP contribution in [0.25, 0.3) is 0 Å². The summed E-state index contributed by atoms with van der Waals surface area (Å²) in [6.45, 7) is 7.41. The summed E-state index contributed by atoms with van der Waals surface area (Å²) >= 11 is 0. The first-order valence-corrected chi connectivity index (χ1v) is 4.57. The van der Waals surface area contributed by atoms with Crippen LogP contribution in [-0.2, 0) is 13.5 Å². The molecule has 0 amide bonds. The zero-order valence-electron chi connectivity index (χ0n) is 8.83. The third-order valence-corrected chi connectivity index (χ3v) is 1.81. The van der Waals surface area contributed by atoms with Gasteiger partial charge in [0.2, 0.25) is 0 Å². The van der Waals surface area contributed by atoms with Gasteiger partial charge in [-0.1, -0.05) is 0 Å². The van der Waals surface area contributed by atoms with Gasteiger partial charge in [0.1, 0.15) is 12.2 Å². The van der Waals surface area contributed by atoms with Gasteiger partial charge in [0, 0.05) is 25.6 Å². The lowest BCUT2D eigenvalue weighted by Gasteiger charge is -2.20. The van der Waals surface area contributed by atoms with Crippen molar-refractivity contribution in [2.75, 3.05) is 6.54 Å². The molecule has 74 valence electrons. The summed E-state index contributed by atoms with van der Waals surface area (Å²) < 4.78 is 1.95. The number of hydrogen-bond donors (Lipinski definition) is 1. The molecule has 1 rings (SSSR count). The van der Waals surface area contributed by atoms with Crippen molar-refractivity contribution in [3.63, 3.8) is 0 Å². The van der Waals surface area contributed by atoms with Crippen molar-refractivity contribution in [3.8, 4) is 0 Å². The number of rotatable bonds is 3. The second-order valence-corrected chi connectivity index (χ2v) is 4.28. The minimum atomic E-state index is 0.179. The lowest BCUT2D eigenvalue weighted by atomic mass is 10.1. The topological polar surface area (TPSA) is 42.7 Å². The average Bonchev–Trinajstić information content (AvgIpc) is 2.34. The van der Waals surface area contributed by atoms with Gasteiger partial charge in [-0.25, -0.2) is 0 Å². The van der Waals surface area contributed by atoms with Crippen LogP contribution in [0.2, 0.25) is 0 Å². The van der Waals surface area contributed by atoms with Gasteiger partial charge in [-0.15, -0.1) is 10.2 Å². The number of aryl methyl sites for hydroxylation is 1. The van der Waals surface area contributed by atoms with Crippen molar-refractivity contribution in [2.24, 2.45) is 7.05 Å². The average molecular weight is 182 g/mol. The van der Waals surface area contributed by atoms with Gasteiger partial charge in [-0.2, -0.15) is 0 Å². The molecule has 1 aromatic rings. The van der Waals surface area contributed by atoms with Crippen molar-refractivity contribution in [1.29, 1.82) is 0 Å². The second-order valence-electron chi connectivity index (χ2n) is 4.28. The summed E-state index contributed by atoms with van der Waals surface area (Å²) in [5.74, 6) is 1.02. The highest BCUT2D eigenvalue weighted by Gasteiger charge is 2.08. The minimum absolute atomic E-state index is 0.179. The van der Waals surface area contributed by atoms with Crippen molar-refractivity contribution < 1.29 is 0 Å². The van der Waals surface area contributed by atoms with Crippen LogP contribution in [0.3, 0.4) is 0 Å². The molecule has 0 saturated heterocycles. The van der Waals surface area contributed by atoms with E-state index in [0.717, 1.165) is 18.8 Å². The fourth-order valence-corrected chi connectivity index (χ4v) is 1.08. The lowest BCUT2D eigenvalue weighted by molar-refractivity contribution is 0.426. The summed E-state index contributed by atoms with van der Waals surface area (Å²) in [7, 11) is 1.96. The number of aromatic nitrogens is 3. The predicted molar refractivity (Wildman–Crippen MR) is 52.5 cm³/mol. The van der Waals surface area contributed by atoms with E-state index in [1.807, 2.05) is 11.6 Å². The first kappa shape index (κ1) is 10.2. The lowest BCUT2D eigenvalue weighted by Crippen LogP contribution is -2.37. The summed E-state index contributed by atoms with van der Waals surface area (Å²) in [6, 6.07) is 0. The highest BCUT2D eigenvalue weighted by atomic mass is 15.2. The third kappa shape index (κ3) is 3.55. The van der Waals surface area contributed by atoms with E-state index in [1.165, 1.54) is 0 Å². The Morgan fingerprint density at radius 2 is 2.15 bits per heavy atom. The van der Waals surface area contributed by atoms with Gasteiger partial charge < -0.3 is 9.88 Å². The number of hydrogen-bond acceptors (Lipinski definition) is 3. The third-order valence-electron chi connectivity index (χ3n) is 1.81. The fraction of sp³-hybridized carbons (Fsp3) is 0.778. The highest BCUT2D eigenvalue weighted by molar-refractivity contribution is 4.86. The maximum Gasteiger partial charge on any atom is 0.133 e. The Bertz CT molecular complexity index is 259. The molecule has 0 fully saturated rings. The van der Waals surface area contributed by atoms with Crippen LogP contribution in [0, 0.1) is 0 Å². The molecule has 1 heterocycles. The van der Waals surface area contributed by atoms with E-state index >= 15 is 0 Å². The molecule has 0 atom stereocenters. The smallest absolute Gasteiger partial charge is 0.133 e. The van der Waals surface area contributed by atoms with Gasteiger partial charge in [-0.3, -0.25) is 0 Å². The first-order valence-electron chi connectivity index (χ1n) is 4.57. The van der Waals surface area contributed by atoms with Gasteiger partial charge in [-0.05, 0) is 20.8 Å². The van der Waals surface area contributed by atoms with Gasteiger partial charge in [0.25, 0.3) is 0 Å². The molecule has 0 aliphatic heterocycles. The minimum Gasteiger partial charge on any atom is -0.321 e. The Hall–Kier alpha value is -0.900. The van der Waals surface area contributed by atoms with E-state index in [1.54, 1.807) is 6.33 Å². The highest BCUT2D eigenvalue weighted by Crippen LogP contribution is 1.99. The molecule has 0 aromatic carbocycles. The normalized spacial score (nSPS) is 12.0. The molecular formula is C9H18N4. The van der Waals surface area contributed by atoms with E-state index < -0.39 is 0 Å². The van der Waals surface area contributed by atoms with E-state index in [0.29, 0.717) is 0 Å². The van der Waals surface area contributed by atoms with Gasteiger partial charge in [0.15, 0.2) is 0 Å². The molecule has 0 radical (unpaired) electrons. The summed E-state index contributed by atoms with van der Waals surface area (Å²) in [5, 5.41) is 11.2. The SMILES string of the molecule is Cn1cnnc1CCNC(C)(C)C. The van der Waals surface area contributed by atoms with Crippen molar-refractivity contribution in [2.45, 2.75) is 32.7 Å². The van der Waals surface area contributed by atoms with E-state index in [2.05, 4.69) is 36.3 Å². The van der Waals surface area contributed by atoms with Crippen LogP contribution in [0.1, 0.15) is 26.6 Å². The van der Waals surface area contributed by atoms with Crippen LogP contribution < -0.4 is 5.32 Å². The van der Waals surface area contributed by atoms with Crippen LogP contribution in [-0.4, -0.2) is 26.8 Å². The van der Waals surface area contributed by atoms with E-state index in [-0.39, 0.29) is 5.54 Å². The molecule has 0 bridgehead atoms. The number of nitrogens with one attached hydrogen (secondary N) is 1. The van der Waals surface area contributed by atoms with Gasteiger partial charge >= 0.3 is 0 Å². The van der Waals surface area contributed by atoms with Crippen LogP contribution in [0.5, 0.6) is 0 Å². The van der Waals surface area contributed by atoms with Crippen molar-refractivity contribution in [1.82, 2.24) is 20.1 Å². The summed E-state index contributed by atoms with van der Waals surface area (Å²) in [4.78, 5) is 0.